The van der Waals surface area contributed by atoms with E-state index in [0.717, 1.165) is 39.0 Å². The average molecular weight is 376 g/mol. The standard InChI is InChI=1S/C25H20N4/c1-28-21-11-5-4-10-20(21)25(27)29(23-13-7-6-12-22(23)28)24(26)19-15-14-17-8-2-3-9-18(17)16-19/h2-16,26-27H,1H3. The largest absolute Gasteiger partial charge is 0.342 e. The van der Waals surface area contributed by atoms with Crippen molar-refractivity contribution in [3.05, 3.63) is 102 Å². The van der Waals surface area contributed by atoms with E-state index in [1.807, 2.05) is 85.9 Å². The Labute approximate surface area is 169 Å². The van der Waals surface area contributed by atoms with Crippen molar-refractivity contribution in [2.45, 2.75) is 0 Å². The fourth-order valence-electron chi connectivity index (χ4n) is 3.97. The van der Waals surface area contributed by atoms with Gasteiger partial charge in [-0.1, -0.05) is 60.7 Å². The number of para-hydroxylation sites is 3. The van der Waals surface area contributed by atoms with E-state index in [1.54, 1.807) is 4.90 Å². The van der Waals surface area contributed by atoms with Crippen LogP contribution in [0.15, 0.2) is 91.0 Å². The lowest BCUT2D eigenvalue weighted by Crippen LogP contribution is -2.36. The fourth-order valence-corrected chi connectivity index (χ4v) is 3.97. The van der Waals surface area contributed by atoms with E-state index in [4.69, 9.17) is 10.8 Å². The summed E-state index contributed by atoms with van der Waals surface area (Å²) < 4.78 is 0. The van der Waals surface area contributed by atoms with E-state index in [2.05, 4.69) is 17.0 Å². The van der Waals surface area contributed by atoms with Crippen LogP contribution in [0.3, 0.4) is 0 Å². The molecule has 29 heavy (non-hydrogen) atoms. The van der Waals surface area contributed by atoms with Crippen LogP contribution in [-0.4, -0.2) is 18.7 Å². The van der Waals surface area contributed by atoms with Gasteiger partial charge in [-0.3, -0.25) is 15.7 Å². The van der Waals surface area contributed by atoms with Crippen molar-refractivity contribution >= 4 is 39.5 Å². The molecule has 1 heterocycles. The Bertz CT molecular complexity index is 1270. The van der Waals surface area contributed by atoms with Crippen LogP contribution in [0.1, 0.15) is 11.1 Å². The van der Waals surface area contributed by atoms with Crippen LogP contribution in [0.2, 0.25) is 0 Å². The van der Waals surface area contributed by atoms with Gasteiger partial charge in [0.25, 0.3) is 0 Å². The second kappa shape index (κ2) is 6.60. The third kappa shape index (κ3) is 2.69. The summed E-state index contributed by atoms with van der Waals surface area (Å²) in [5.41, 5.74) is 4.34. The van der Waals surface area contributed by atoms with Crippen LogP contribution in [-0.2, 0) is 0 Å². The van der Waals surface area contributed by atoms with Crippen LogP contribution in [0.4, 0.5) is 17.1 Å². The molecule has 2 N–H and O–H groups in total. The van der Waals surface area contributed by atoms with Crippen molar-refractivity contribution in [3.63, 3.8) is 0 Å². The zero-order chi connectivity index (χ0) is 20.0. The maximum atomic E-state index is 9.03. The van der Waals surface area contributed by atoms with Gasteiger partial charge in [0.15, 0.2) is 0 Å². The van der Waals surface area contributed by atoms with Crippen LogP contribution in [0.5, 0.6) is 0 Å². The molecular formula is C25H20N4. The number of rotatable bonds is 1. The van der Waals surface area contributed by atoms with Gasteiger partial charge in [-0.05, 0) is 41.1 Å². The van der Waals surface area contributed by atoms with Gasteiger partial charge < -0.3 is 4.90 Å². The number of amidine groups is 2. The molecule has 4 aromatic carbocycles. The quantitative estimate of drug-likeness (QED) is 0.327. The minimum Gasteiger partial charge on any atom is -0.342 e. The first-order valence-corrected chi connectivity index (χ1v) is 9.54. The SMILES string of the molecule is CN1c2ccccc2C(=N)N(C(=N)c2ccc3ccccc3c2)c2ccccc21. The van der Waals surface area contributed by atoms with Gasteiger partial charge in [0, 0.05) is 18.2 Å². The summed E-state index contributed by atoms with van der Waals surface area (Å²) in [6.45, 7) is 0. The van der Waals surface area contributed by atoms with Crippen LogP contribution >= 0.6 is 0 Å². The predicted molar refractivity (Wildman–Crippen MR) is 121 cm³/mol. The Morgan fingerprint density at radius 2 is 1.31 bits per heavy atom. The maximum absolute atomic E-state index is 9.03. The predicted octanol–water partition coefficient (Wildman–Crippen LogP) is 5.78. The number of hydrogen-bond acceptors (Lipinski definition) is 3. The zero-order valence-electron chi connectivity index (χ0n) is 16.1. The molecule has 5 rings (SSSR count). The Kier molecular flexibility index (Phi) is 3.91. The smallest absolute Gasteiger partial charge is 0.140 e. The third-order valence-corrected chi connectivity index (χ3v) is 5.47. The van der Waals surface area contributed by atoms with Crippen molar-refractivity contribution < 1.29 is 0 Å². The number of fused-ring (bicyclic) bond motifs is 3. The van der Waals surface area contributed by atoms with Crippen molar-refractivity contribution in [2.24, 2.45) is 0 Å². The average Bonchev–Trinajstić information content (AvgIpc) is 2.87. The molecule has 0 saturated heterocycles. The zero-order valence-corrected chi connectivity index (χ0v) is 16.1. The van der Waals surface area contributed by atoms with E-state index in [1.165, 1.54) is 0 Å². The molecule has 140 valence electrons. The number of anilines is 3. The van der Waals surface area contributed by atoms with Crippen molar-refractivity contribution in [2.75, 3.05) is 16.8 Å². The molecule has 4 aromatic rings. The van der Waals surface area contributed by atoms with Crippen molar-refractivity contribution in [1.82, 2.24) is 0 Å². The van der Waals surface area contributed by atoms with Gasteiger partial charge in [0.1, 0.15) is 11.7 Å². The Hall–Kier alpha value is -3.92. The summed E-state index contributed by atoms with van der Waals surface area (Å²) in [6, 6.07) is 30.0. The minimum atomic E-state index is 0.290. The molecule has 0 amide bonds. The molecular weight excluding hydrogens is 356 g/mol. The fraction of sp³-hybridized carbons (Fsp3) is 0.0400. The summed E-state index contributed by atoms with van der Waals surface area (Å²) in [5.74, 6) is 0.592. The minimum absolute atomic E-state index is 0.290. The molecule has 0 aliphatic carbocycles. The van der Waals surface area contributed by atoms with Gasteiger partial charge in [-0.15, -0.1) is 0 Å². The molecule has 0 unspecified atom stereocenters. The maximum Gasteiger partial charge on any atom is 0.140 e. The van der Waals surface area contributed by atoms with Crippen LogP contribution in [0, 0.1) is 10.8 Å². The first kappa shape index (κ1) is 17.2. The summed E-state index contributed by atoms with van der Waals surface area (Å²) in [7, 11) is 2.01. The molecule has 4 nitrogen and oxygen atoms in total. The van der Waals surface area contributed by atoms with Gasteiger partial charge in [0.2, 0.25) is 0 Å². The molecule has 0 radical (unpaired) electrons. The van der Waals surface area contributed by atoms with Crippen LogP contribution < -0.4 is 9.80 Å². The highest BCUT2D eigenvalue weighted by molar-refractivity contribution is 6.31. The number of nitrogens with zero attached hydrogens (tertiary/aromatic N) is 2. The second-order valence-corrected chi connectivity index (χ2v) is 7.16. The van der Waals surface area contributed by atoms with E-state index >= 15 is 0 Å². The van der Waals surface area contributed by atoms with Gasteiger partial charge >= 0.3 is 0 Å². The molecule has 1 aliphatic rings. The van der Waals surface area contributed by atoms with E-state index in [-0.39, 0.29) is 0 Å². The first-order valence-electron chi connectivity index (χ1n) is 9.54. The highest BCUT2D eigenvalue weighted by atomic mass is 15.3. The van der Waals surface area contributed by atoms with E-state index in [9.17, 15) is 0 Å². The van der Waals surface area contributed by atoms with Crippen LogP contribution in [0.25, 0.3) is 10.8 Å². The van der Waals surface area contributed by atoms with Crippen molar-refractivity contribution in [1.29, 1.82) is 10.8 Å². The number of benzene rings is 4. The highest BCUT2D eigenvalue weighted by Gasteiger charge is 2.29. The molecule has 1 aliphatic heterocycles. The van der Waals surface area contributed by atoms with Gasteiger partial charge in [-0.2, -0.15) is 0 Å². The molecule has 0 aromatic heterocycles. The lowest BCUT2D eigenvalue weighted by Gasteiger charge is -2.26. The number of hydrogen-bond donors (Lipinski definition) is 2. The van der Waals surface area contributed by atoms with Gasteiger partial charge in [0.05, 0.1) is 17.1 Å². The second-order valence-electron chi connectivity index (χ2n) is 7.16. The molecule has 0 saturated carbocycles. The molecule has 0 spiro atoms. The Balaban J connectivity index is 1.71. The molecule has 0 atom stereocenters. The summed E-state index contributed by atoms with van der Waals surface area (Å²) in [4.78, 5) is 3.83. The summed E-state index contributed by atoms with van der Waals surface area (Å²) >= 11 is 0. The summed E-state index contributed by atoms with van der Waals surface area (Å²) in [5, 5.41) is 20.2. The van der Waals surface area contributed by atoms with Crippen molar-refractivity contribution in [3.8, 4) is 0 Å². The topological polar surface area (TPSA) is 54.2 Å². The van der Waals surface area contributed by atoms with Gasteiger partial charge in [-0.25, -0.2) is 0 Å². The molecule has 0 bridgehead atoms. The Morgan fingerprint density at radius 1 is 0.690 bits per heavy atom. The van der Waals surface area contributed by atoms with E-state index < -0.39 is 0 Å². The lowest BCUT2D eigenvalue weighted by atomic mass is 10.0. The number of nitrogens with one attached hydrogen (secondary N) is 2. The Morgan fingerprint density at radius 3 is 2.10 bits per heavy atom. The third-order valence-electron chi connectivity index (χ3n) is 5.47. The molecule has 4 heteroatoms. The summed E-state index contributed by atoms with van der Waals surface area (Å²) in [6.07, 6.45) is 0. The monoisotopic (exact) mass is 376 g/mol. The van der Waals surface area contributed by atoms with E-state index in [0.29, 0.717) is 11.7 Å². The normalized spacial score (nSPS) is 13.1. The lowest BCUT2D eigenvalue weighted by molar-refractivity contribution is 1.21. The first-order chi connectivity index (χ1) is 14.1. The molecule has 0 fully saturated rings. The highest BCUT2D eigenvalue weighted by Crippen LogP contribution is 2.40.